The Hall–Kier alpha value is -3.48. The maximum atomic E-state index is 12.4. The number of fused-ring (bicyclic) bond motifs is 1. The normalized spacial score (nSPS) is 19.3. The third kappa shape index (κ3) is 3.38. The predicted molar refractivity (Wildman–Crippen MR) is 98.5 cm³/mol. The summed E-state index contributed by atoms with van der Waals surface area (Å²) < 4.78 is 21.6. The predicted octanol–water partition coefficient (Wildman–Crippen LogP) is 3.27. The van der Waals surface area contributed by atoms with Crippen molar-refractivity contribution in [1.29, 1.82) is 0 Å². The molecule has 2 aromatic carbocycles. The molecular formula is C21H18N2O5. The molecule has 3 aromatic rings. The van der Waals surface area contributed by atoms with E-state index in [1.54, 1.807) is 18.2 Å². The summed E-state index contributed by atoms with van der Waals surface area (Å²) in [6.07, 6.45) is 2.29. The van der Waals surface area contributed by atoms with E-state index in [9.17, 15) is 4.79 Å². The van der Waals surface area contributed by atoms with Crippen molar-refractivity contribution in [2.45, 2.75) is 25.0 Å². The molecule has 0 saturated heterocycles. The van der Waals surface area contributed by atoms with E-state index in [2.05, 4.69) is 22.4 Å². The molecule has 1 amide bonds. The molecule has 1 aliphatic carbocycles. The fourth-order valence-corrected chi connectivity index (χ4v) is 3.26. The van der Waals surface area contributed by atoms with Crippen LogP contribution in [-0.2, 0) is 6.61 Å². The molecule has 0 radical (unpaired) electrons. The zero-order valence-corrected chi connectivity index (χ0v) is 15.0. The number of aromatic nitrogens is 1. The van der Waals surface area contributed by atoms with E-state index in [4.69, 9.17) is 18.6 Å². The van der Waals surface area contributed by atoms with Crippen LogP contribution in [0, 0.1) is 0 Å². The molecule has 1 saturated carbocycles. The highest BCUT2D eigenvalue weighted by Gasteiger charge is 2.39. The summed E-state index contributed by atoms with van der Waals surface area (Å²) >= 11 is 0. The molecule has 1 aromatic heterocycles. The van der Waals surface area contributed by atoms with E-state index >= 15 is 0 Å². The van der Waals surface area contributed by atoms with E-state index < -0.39 is 0 Å². The minimum Gasteiger partial charge on any atom is -0.484 e. The van der Waals surface area contributed by atoms with Gasteiger partial charge < -0.3 is 23.9 Å². The third-order valence-electron chi connectivity index (χ3n) is 4.83. The number of amides is 1. The van der Waals surface area contributed by atoms with Crippen LogP contribution >= 0.6 is 0 Å². The van der Waals surface area contributed by atoms with Gasteiger partial charge in [-0.1, -0.05) is 30.3 Å². The summed E-state index contributed by atoms with van der Waals surface area (Å²) in [6, 6.07) is 15.6. The maximum Gasteiger partial charge on any atom is 0.273 e. The summed E-state index contributed by atoms with van der Waals surface area (Å²) in [4.78, 5) is 16.6. The zero-order valence-electron chi connectivity index (χ0n) is 15.0. The number of nitrogens with one attached hydrogen (secondary N) is 1. The van der Waals surface area contributed by atoms with Crippen molar-refractivity contribution in [3.8, 4) is 17.2 Å². The second kappa shape index (κ2) is 6.92. The molecule has 1 aliphatic heterocycles. The minimum atomic E-state index is -0.235. The van der Waals surface area contributed by atoms with Gasteiger partial charge in [0.2, 0.25) is 12.7 Å². The average Bonchev–Trinajstić information content (AvgIpc) is 3.12. The third-order valence-corrected chi connectivity index (χ3v) is 4.83. The number of ether oxygens (including phenoxy) is 3. The van der Waals surface area contributed by atoms with Crippen LogP contribution in [0.1, 0.15) is 34.3 Å². The topological polar surface area (TPSA) is 82.8 Å². The summed E-state index contributed by atoms with van der Waals surface area (Å²) in [7, 11) is 0. The second-order valence-electron chi connectivity index (χ2n) is 6.76. The summed E-state index contributed by atoms with van der Waals surface area (Å²) in [5.74, 6) is 2.40. The lowest BCUT2D eigenvalue weighted by atomic mass is 10.1. The highest BCUT2D eigenvalue weighted by Crippen LogP contribution is 2.40. The van der Waals surface area contributed by atoms with E-state index in [0.717, 1.165) is 6.42 Å². The fraction of sp³-hybridized carbons (Fsp3) is 0.238. The van der Waals surface area contributed by atoms with Crippen molar-refractivity contribution < 1.29 is 23.4 Å². The SMILES string of the molecule is O=C(N[C@@H]1C[C@H]1c1ccccc1)c1coc(COc2ccc3c(c2)OCO3)n1. The fourth-order valence-electron chi connectivity index (χ4n) is 3.26. The van der Waals surface area contributed by atoms with Crippen molar-refractivity contribution in [2.75, 3.05) is 6.79 Å². The van der Waals surface area contributed by atoms with Gasteiger partial charge in [0.25, 0.3) is 5.91 Å². The minimum absolute atomic E-state index is 0.114. The molecule has 142 valence electrons. The number of benzene rings is 2. The molecule has 2 atom stereocenters. The van der Waals surface area contributed by atoms with Crippen LogP contribution in [0.5, 0.6) is 17.2 Å². The van der Waals surface area contributed by atoms with Gasteiger partial charge in [0.15, 0.2) is 23.8 Å². The van der Waals surface area contributed by atoms with Crippen LogP contribution < -0.4 is 19.5 Å². The van der Waals surface area contributed by atoms with Crippen LogP contribution in [0.4, 0.5) is 0 Å². The Kier molecular flexibility index (Phi) is 4.12. The van der Waals surface area contributed by atoms with E-state index in [1.807, 2.05) is 18.2 Å². The number of carbonyl (C=O) groups is 1. The van der Waals surface area contributed by atoms with Crippen LogP contribution in [0.15, 0.2) is 59.2 Å². The lowest BCUT2D eigenvalue weighted by molar-refractivity contribution is 0.0945. The van der Waals surface area contributed by atoms with E-state index in [0.29, 0.717) is 29.1 Å². The van der Waals surface area contributed by atoms with Crippen LogP contribution in [-0.4, -0.2) is 23.7 Å². The first-order valence-corrected chi connectivity index (χ1v) is 9.09. The number of oxazole rings is 1. The number of nitrogens with zero attached hydrogens (tertiary/aromatic N) is 1. The quantitative estimate of drug-likeness (QED) is 0.709. The average molecular weight is 378 g/mol. The highest BCUT2D eigenvalue weighted by molar-refractivity contribution is 5.92. The van der Waals surface area contributed by atoms with Crippen molar-refractivity contribution >= 4 is 5.91 Å². The van der Waals surface area contributed by atoms with Gasteiger partial charge in [0, 0.05) is 18.0 Å². The molecule has 2 heterocycles. The maximum absolute atomic E-state index is 12.4. The van der Waals surface area contributed by atoms with E-state index in [1.165, 1.54) is 11.8 Å². The molecule has 1 fully saturated rings. The number of hydrogen-bond donors (Lipinski definition) is 1. The summed E-state index contributed by atoms with van der Waals surface area (Å²) in [6.45, 7) is 0.326. The van der Waals surface area contributed by atoms with Gasteiger partial charge >= 0.3 is 0 Å². The molecule has 7 nitrogen and oxygen atoms in total. The summed E-state index contributed by atoms with van der Waals surface area (Å²) in [5.41, 5.74) is 1.49. The first kappa shape index (κ1) is 16.7. The zero-order chi connectivity index (χ0) is 18.9. The molecule has 5 rings (SSSR count). The Morgan fingerprint density at radius 1 is 1.14 bits per heavy atom. The van der Waals surface area contributed by atoms with Gasteiger partial charge in [0.1, 0.15) is 12.0 Å². The number of carbonyl (C=O) groups excluding carboxylic acids is 1. The molecule has 28 heavy (non-hydrogen) atoms. The van der Waals surface area contributed by atoms with Gasteiger partial charge in [0.05, 0.1) is 0 Å². The van der Waals surface area contributed by atoms with Gasteiger partial charge in [-0.2, -0.15) is 0 Å². The molecular weight excluding hydrogens is 360 g/mol. The summed E-state index contributed by atoms with van der Waals surface area (Å²) in [5, 5.41) is 3.00. The Bertz CT molecular complexity index is 1000. The Morgan fingerprint density at radius 2 is 2.00 bits per heavy atom. The van der Waals surface area contributed by atoms with Crippen LogP contribution in [0.25, 0.3) is 0 Å². The second-order valence-corrected chi connectivity index (χ2v) is 6.76. The first-order valence-electron chi connectivity index (χ1n) is 9.09. The van der Waals surface area contributed by atoms with Crippen molar-refractivity contribution in [2.24, 2.45) is 0 Å². The first-order chi connectivity index (χ1) is 13.8. The van der Waals surface area contributed by atoms with Gasteiger partial charge in [-0.15, -0.1) is 0 Å². The van der Waals surface area contributed by atoms with E-state index in [-0.39, 0.29) is 31.0 Å². The van der Waals surface area contributed by atoms with Gasteiger partial charge in [-0.3, -0.25) is 4.79 Å². The Morgan fingerprint density at radius 3 is 2.89 bits per heavy atom. The standard InChI is InChI=1S/C21H18N2O5/c24-21(23-16-9-15(16)13-4-2-1-3-5-13)17-10-26-20(22-17)11-25-14-6-7-18-19(8-14)28-12-27-18/h1-8,10,15-16H,9,11-12H2,(H,23,24)/t15-,16+/m0/s1. The molecule has 1 N–H and O–H groups in total. The van der Waals surface area contributed by atoms with Gasteiger partial charge in [-0.05, 0) is 24.1 Å². The smallest absolute Gasteiger partial charge is 0.273 e. The Balaban J connectivity index is 1.16. The molecule has 2 aliphatic rings. The van der Waals surface area contributed by atoms with Crippen LogP contribution in [0.2, 0.25) is 0 Å². The van der Waals surface area contributed by atoms with Crippen molar-refractivity contribution in [3.05, 3.63) is 71.9 Å². The molecule has 0 spiro atoms. The molecule has 7 heteroatoms. The highest BCUT2D eigenvalue weighted by atomic mass is 16.7. The van der Waals surface area contributed by atoms with Crippen molar-refractivity contribution in [3.63, 3.8) is 0 Å². The Labute approximate surface area is 161 Å². The molecule has 0 bridgehead atoms. The lowest BCUT2D eigenvalue weighted by Crippen LogP contribution is -2.26. The monoisotopic (exact) mass is 378 g/mol. The molecule has 0 unspecified atom stereocenters. The van der Waals surface area contributed by atoms with Crippen LogP contribution in [0.3, 0.4) is 0 Å². The largest absolute Gasteiger partial charge is 0.484 e. The van der Waals surface area contributed by atoms with Gasteiger partial charge in [-0.25, -0.2) is 4.98 Å². The number of hydrogen-bond acceptors (Lipinski definition) is 6. The van der Waals surface area contributed by atoms with Crippen molar-refractivity contribution in [1.82, 2.24) is 10.3 Å². The number of rotatable bonds is 6. The lowest BCUT2D eigenvalue weighted by Gasteiger charge is -2.04.